The third kappa shape index (κ3) is 3.62. The van der Waals surface area contributed by atoms with Gasteiger partial charge < -0.3 is 5.73 Å². The average Bonchev–Trinajstić information content (AvgIpc) is 2.41. The normalized spacial score (nSPS) is 11.1. The fraction of sp³-hybridized carbons (Fsp3) is 0.0714. The zero-order chi connectivity index (χ0) is 15.6. The highest BCUT2D eigenvalue weighted by Gasteiger charge is 2.15. The molecule has 0 radical (unpaired) electrons. The Labute approximate surface area is 131 Å². The van der Waals surface area contributed by atoms with Crippen molar-refractivity contribution in [1.82, 2.24) is 0 Å². The maximum atomic E-state index is 12.3. The number of hydrogen-bond donors (Lipinski definition) is 2. The zero-order valence-electron chi connectivity index (χ0n) is 11.1. The van der Waals surface area contributed by atoms with Gasteiger partial charge in [0.2, 0.25) is 0 Å². The third-order valence-electron chi connectivity index (χ3n) is 2.80. The van der Waals surface area contributed by atoms with E-state index in [1.807, 2.05) is 0 Å². The van der Waals surface area contributed by atoms with E-state index in [2.05, 4.69) is 20.7 Å². The van der Waals surface area contributed by atoms with Crippen LogP contribution in [0.1, 0.15) is 17.3 Å². The van der Waals surface area contributed by atoms with Gasteiger partial charge in [-0.2, -0.15) is 0 Å². The molecular formula is C14H13BrN2O3S. The van der Waals surface area contributed by atoms with Crippen molar-refractivity contribution in [2.24, 2.45) is 0 Å². The van der Waals surface area contributed by atoms with Gasteiger partial charge in [-0.25, -0.2) is 8.42 Å². The van der Waals surface area contributed by atoms with Gasteiger partial charge in [0.05, 0.1) is 4.90 Å². The number of nitrogens with one attached hydrogen (secondary N) is 1. The van der Waals surface area contributed by atoms with E-state index in [-0.39, 0.29) is 10.7 Å². The van der Waals surface area contributed by atoms with Crippen LogP contribution in [0.4, 0.5) is 11.4 Å². The van der Waals surface area contributed by atoms with Crippen LogP contribution in [-0.2, 0) is 10.0 Å². The Morgan fingerprint density at radius 1 is 1.19 bits per heavy atom. The summed E-state index contributed by atoms with van der Waals surface area (Å²) in [5.41, 5.74) is 6.78. The molecule has 21 heavy (non-hydrogen) atoms. The van der Waals surface area contributed by atoms with Crippen molar-refractivity contribution in [3.8, 4) is 0 Å². The van der Waals surface area contributed by atoms with Crippen LogP contribution in [0.15, 0.2) is 51.8 Å². The van der Waals surface area contributed by atoms with Crippen LogP contribution in [0.25, 0.3) is 0 Å². The number of carbonyl (C=O) groups excluding carboxylic acids is 1. The number of carbonyl (C=O) groups is 1. The number of ketones is 1. The Hall–Kier alpha value is -1.86. The van der Waals surface area contributed by atoms with Crippen LogP contribution in [0.2, 0.25) is 0 Å². The van der Waals surface area contributed by atoms with Crippen LogP contribution < -0.4 is 10.5 Å². The van der Waals surface area contributed by atoms with Gasteiger partial charge in [0, 0.05) is 21.4 Å². The monoisotopic (exact) mass is 368 g/mol. The summed E-state index contributed by atoms with van der Waals surface area (Å²) in [4.78, 5) is 11.4. The van der Waals surface area contributed by atoms with Gasteiger partial charge in [-0.3, -0.25) is 9.52 Å². The first-order valence-corrected chi connectivity index (χ1v) is 8.26. The summed E-state index contributed by atoms with van der Waals surface area (Å²) >= 11 is 3.21. The second-order valence-electron chi connectivity index (χ2n) is 4.43. The summed E-state index contributed by atoms with van der Waals surface area (Å²) in [5, 5.41) is 0. The molecule has 2 aromatic rings. The van der Waals surface area contributed by atoms with Crippen molar-refractivity contribution in [3.63, 3.8) is 0 Å². The number of hydrogen-bond acceptors (Lipinski definition) is 4. The molecule has 0 saturated carbocycles. The van der Waals surface area contributed by atoms with Gasteiger partial charge in [0.15, 0.2) is 5.78 Å². The number of sulfonamides is 1. The van der Waals surface area contributed by atoms with Crippen molar-refractivity contribution < 1.29 is 13.2 Å². The topological polar surface area (TPSA) is 89.3 Å². The lowest BCUT2D eigenvalue weighted by Gasteiger charge is -2.10. The lowest BCUT2D eigenvalue weighted by atomic mass is 10.1. The first kappa shape index (κ1) is 15.5. The fourth-order valence-corrected chi connectivity index (χ4v) is 3.04. The molecule has 3 N–H and O–H groups in total. The summed E-state index contributed by atoms with van der Waals surface area (Å²) in [6.45, 7) is 1.42. The van der Waals surface area contributed by atoms with E-state index in [0.29, 0.717) is 21.4 Å². The number of nitrogens with two attached hydrogens (primary N) is 1. The van der Waals surface area contributed by atoms with Crippen LogP contribution in [0, 0.1) is 0 Å². The molecule has 2 rings (SSSR count). The molecule has 0 aromatic heterocycles. The van der Waals surface area contributed by atoms with Crippen molar-refractivity contribution in [1.29, 1.82) is 0 Å². The highest BCUT2D eigenvalue weighted by atomic mass is 79.9. The average molecular weight is 369 g/mol. The number of Topliss-reactive ketones (excluding diaryl/α,β-unsaturated/α-hetero) is 1. The van der Waals surface area contributed by atoms with E-state index in [0.717, 1.165) is 0 Å². The Morgan fingerprint density at radius 3 is 2.52 bits per heavy atom. The van der Waals surface area contributed by atoms with E-state index in [1.54, 1.807) is 24.3 Å². The van der Waals surface area contributed by atoms with E-state index < -0.39 is 10.0 Å². The second kappa shape index (κ2) is 5.87. The maximum absolute atomic E-state index is 12.3. The molecule has 2 aromatic carbocycles. The molecule has 0 heterocycles. The maximum Gasteiger partial charge on any atom is 0.261 e. The lowest BCUT2D eigenvalue weighted by molar-refractivity contribution is 0.101. The Balaban J connectivity index is 2.35. The van der Waals surface area contributed by atoms with Crippen molar-refractivity contribution in [3.05, 3.63) is 52.5 Å². The highest BCUT2D eigenvalue weighted by molar-refractivity contribution is 9.10. The predicted molar refractivity (Wildman–Crippen MR) is 85.8 cm³/mol. The molecule has 7 heteroatoms. The number of nitrogen functional groups attached to an aromatic ring is 1. The summed E-state index contributed by atoms with van der Waals surface area (Å²) in [5.74, 6) is -0.135. The SMILES string of the molecule is CC(=O)c1cccc(NS(=O)(=O)c2ccc(Br)c(N)c2)c1. The zero-order valence-corrected chi connectivity index (χ0v) is 13.5. The number of rotatable bonds is 4. The van der Waals surface area contributed by atoms with Crippen LogP contribution >= 0.6 is 15.9 Å². The van der Waals surface area contributed by atoms with Crippen molar-refractivity contribution in [2.45, 2.75) is 11.8 Å². The summed E-state index contributed by atoms with van der Waals surface area (Å²) in [6.07, 6.45) is 0. The van der Waals surface area contributed by atoms with Crippen LogP contribution in [0.5, 0.6) is 0 Å². The molecule has 0 atom stereocenters. The molecule has 0 aliphatic heterocycles. The van der Waals surface area contributed by atoms with E-state index >= 15 is 0 Å². The standard InChI is InChI=1S/C14H13BrN2O3S/c1-9(18)10-3-2-4-11(7-10)17-21(19,20)12-5-6-13(15)14(16)8-12/h2-8,17H,16H2,1H3. The molecule has 110 valence electrons. The smallest absolute Gasteiger partial charge is 0.261 e. The third-order valence-corrected chi connectivity index (χ3v) is 4.90. The van der Waals surface area contributed by atoms with Crippen molar-refractivity contribution in [2.75, 3.05) is 10.5 Å². The van der Waals surface area contributed by atoms with Crippen molar-refractivity contribution >= 4 is 43.1 Å². The van der Waals surface area contributed by atoms with Gasteiger partial charge in [0.1, 0.15) is 0 Å². The van der Waals surface area contributed by atoms with Crippen LogP contribution in [-0.4, -0.2) is 14.2 Å². The predicted octanol–water partition coefficient (Wildman–Crippen LogP) is 3.03. The summed E-state index contributed by atoms with van der Waals surface area (Å²) < 4.78 is 27.6. The molecule has 0 saturated heterocycles. The molecule has 0 unspecified atom stereocenters. The lowest BCUT2D eigenvalue weighted by Crippen LogP contribution is -2.13. The minimum absolute atomic E-state index is 0.0522. The summed E-state index contributed by atoms with van der Waals surface area (Å²) in [7, 11) is -3.76. The second-order valence-corrected chi connectivity index (χ2v) is 6.96. The molecule has 5 nitrogen and oxygen atoms in total. The molecule has 0 aliphatic rings. The molecular weight excluding hydrogens is 356 g/mol. The van der Waals surface area contributed by atoms with Gasteiger partial charge in [0.25, 0.3) is 10.0 Å². The van der Waals surface area contributed by atoms with E-state index in [9.17, 15) is 13.2 Å². The quantitative estimate of drug-likeness (QED) is 0.640. The minimum Gasteiger partial charge on any atom is -0.398 e. The largest absolute Gasteiger partial charge is 0.398 e. The van der Waals surface area contributed by atoms with Gasteiger partial charge in [-0.05, 0) is 53.2 Å². The van der Waals surface area contributed by atoms with Gasteiger partial charge in [-0.15, -0.1) is 0 Å². The Morgan fingerprint density at radius 2 is 1.90 bits per heavy atom. The molecule has 0 bridgehead atoms. The first-order chi connectivity index (χ1) is 9.79. The van der Waals surface area contributed by atoms with Gasteiger partial charge >= 0.3 is 0 Å². The Bertz CT molecular complexity index is 804. The summed E-state index contributed by atoms with van der Waals surface area (Å²) in [6, 6.07) is 10.7. The van der Waals surface area contributed by atoms with E-state index in [4.69, 9.17) is 5.73 Å². The Kier molecular flexibility index (Phi) is 4.34. The molecule has 0 amide bonds. The minimum atomic E-state index is -3.76. The van der Waals surface area contributed by atoms with Gasteiger partial charge in [-0.1, -0.05) is 12.1 Å². The fourth-order valence-electron chi connectivity index (χ4n) is 1.70. The highest BCUT2D eigenvalue weighted by Crippen LogP contribution is 2.24. The first-order valence-electron chi connectivity index (χ1n) is 5.98. The number of anilines is 2. The molecule has 0 aliphatic carbocycles. The van der Waals surface area contributed by atoms with E-state index in [1.165, 1.54) is 25.1 Å². The molecule has 0 spiro atoms. The number of halogens is 1. The van der Waals surface area contributed by atoms with Crippen LogP contribution in [0.3, 0.4) is 0 Å². The molecule has 0 fully saturated rings. The number of benzene rings is 2.